The van der Waals surface area contributed by atoms with Gasteiger partial charge in [0.1, 0.15) is 11.3 Å². The van der Waals surface area contributed by atoms with Crippen molar-refractivity contribution >= 4 is 29.0 Å². The van der Waals surface area contributed by atoms with Crippen molar-refractivity contribution in [1.82, 2.24) is 4.90 Å². The van der Waals surface area contributed by atoms with Crippen LogP contribution in [-0.2, 0) is 14.3 Å². The van der Waals surface area contributed by atoms with Gasteiger partial charge in [0.2, 0.25) is 0 Å². The Morgan fingerprint density at radius 3 is 2.77 bits per heavy atom. The Labute approximate surface area is 187 Å². The van der Waals surface area contributed by atoms with E-state index in [0.29, 0.717) is 40.4 Å². The standard InChI is InChI=1S/C23H29ClN2O5/c1-5-13-11-26-9-8-23(18(26)10-14(13)15(12-29-2)22(28)31-4)21(27)19-17(30-3)7-6-16(24)20(19)25-23/h6-7,12-14,18,25H,5,8-11H2,1-4H3/b15-12+/t13-,14+,18+,23+/m1/s1. The number of methoxy groups -OCH3 is 3. The monoisotopic (exact) mass is 448 g/mol. The van der Waals surface area contributed by atoms with Gasteiger partial charge in [-0.1, -0.05) is 24.9 Å². The molecule has 0 radical (unpaired) electrons. The van der Waals surface area contributed by atoms with E-state index >= 15 is 0 Å². The van der Waals surface area contributed by atoms with Crippen molar-refractivity contribution in [1.29, 1.82) is 0 Å². The lowest BCUT2D eigenvalue weighted by atomic mass is 9.72. The molecule has 3 aliphatic rings. The number of carbonyl (C=O) groups is 2. The summed E-state index contributed by atoms with van der Waals surface area (Å²) in [6, 6.07) is 3.41. The van der Waals surface area contributed by atoms with Crippen LogP contribution in [0.15, 0.2) is 24.0 Å². The first-order valence-electron chi connectivity index (χ1n) is 10.7. The molecule has 0 bridgehead atoms. The van der Waals surface area contributed by atoms with Gasteiger partial charge in [0.05, 0.1) is 49.4 Å². The predicted octanol–water partition coefficient (Wildman–Crippen LogP) is 3.52. The lowest BCUT2D eigenvalue weighted by molar-refractivity contribution is -0.137. The average Bonchev–Trinajstić information content (AvgIpc) is 3.30. The van der Waals surface area contributed by atoms with Crippen molar-refractivity contribution in [2.75, 3.05) is 39.7 Å². The predicted molar refractivity (Wildman–Crippen MR) is 118 cm³/mol. The summed E-state index contributed by atoms with van der Waals surface area (Å²) in [5, 5.41) is 4.01. The quantitative estimate of drug-likeness (QED) is 0.419. The van der Waals surface area contributed by atoms with Crippen LogP contribution in [0.4, 0.5) is 5.69 Å². The normalized spacial score (nSPS) is 30.0. The van der Waals surface area contributed by atoms with Crippen LogP contribution in [-0.4, -0.2) is 62.7 Å². The van der Waals surface area contributed by atoms with Gasteiger partial charge in [-0.2, -0.15) is 0 Å². The zero-order valence-electron chi connectivity index (χ0n) is 18.4. The summed E-state index contributed by atoms with van der Waals surface area (Å²) in [5.74, 6) is 0.358. The van der Waals surface area contributed by atoms with E-state index in [0.717, 1.165) is 19.5 Å². The number of esters is 1. The SMILES string of the molecule is CC[C@@H]1CN2CC[C@]3(Nc4c(Cl)ccc(OC)c4C3=O)[C@@H]2C[C@@H]1/C(=C\OC)C(=O)OC. The van der Waals surface area contributed by atoms with E-state index in [9.17, 15) is 9.59 Å². The summed E-state index contributed by atoms with van der Waals surface area (Å²) in [5.41, 5.74) is 0.901. The molecular formula is C23H29ClN2O5. The van der Waals surface area contributed by atoms with Crippen molar-refractivity contribution in [2.24, 2.45) is 11.8 Å². The molecule has 0 unspecified atom stereocenters. The van der Waals surface area contributed by atoms with E-state index in [1.54, 1.807) is 19.2 Å². The van der Waals surface area contributed by atoms with Gasteiger partial charge in [0.25, 0.3) is 0 Å². The van der Waals surface area contributed by atoms with Crippen molar-refractivity contribution < 1.29 is 23.8 Å². The number of Topliss-reactive ketones (excluding diaryl/α,β-unsaturated/α-hetero) is 1. The molecular weight excluding hydrogens is 420 g/mol. The summed E-state index contributed by atoms with van der Waals surface area (Å²) in [6.45, 7) is 3.74. The molecule has 1 aromatic rings. The molecule has 0 aromatic heterocycles. The summed E-state index contributed by atoms with van der Waals surface area (Å²) < 4.78 is 15.7. The third kappa shape index (κ3) is 3.29. The van der Waals surface area contributed by atoms with Gasteiger partial charge in [-0.05, 0) is 36.8 Å². The van der Waals surface area contributed by atoms with Crippen LogP contribution in [0.3, 0.4) is 0 Å². The van der Waals surface area contributed by atoms with Gasteiger partial charge in [-0.15, -0.1) is 0 Å². The minimum atomic E-state index is -0.786. The molecule has 1 N–H and O–H groups in total. The molecule has 4 atom stereocenters. The number of carbonyl (C=O) groups excluding carboxylic acids is 2. The Kier molecular flexibility index (Phi) is 5.92. The van der Waals surface area contributed by atoms with E-state index < -0.39 is 5.54 Å². The second-order valence-electron chi connectivity index (χ2n) is 8.50. The van der Waals surface area contributed by atoms with Crippen LogP contribution >= 0.6 is 11.6 Å². The number of piperidine rings is 1. The molecule has 2 saturated heterocycles. The highest BCUT2D eigenvalue weighted by molar-refractivity contribution is 6.35. The number of hydrogen-bond acceptors (Lipinski definition) is 7. The number of nitrogens with one attached hydrogen (secondary N) is 1. The largest absolute Gasteiger partial charge is 0.504 e. The number of benzene rings is 1. The zero-order valence-corrected chi connectivity index (χ0v) is 19.1. The average molecular weight is 449 g/mol. The lowest BCUT2D eigenvalue weighted by Crippen LogP contribution is -2.57. The van der Waals surface area contributed by atoms with Gasteiger partial charge < -0.3 is 19.5 Å². The second-order valence-corrected chi connectivity index (χ2v) is 8.90. The fourth-order valence-electron chi connectivity index (χ4n) is 5.70. The van der Waals surface area contributed by atoms with Crippen LogP contribution in [0, 0.1) is 11.8 Å². The van der Waals surface area contributed by atoms with E-state index in [2.05, 4.69) is 17.1 Å². The first-order valence-corrected chi connectivity index (χ1v) is 11.0. The summed E-state index contributed by atoms with van der Waals surface area (Å²) in [4.78, 5) is 28.7. The van der Waals surface area contributed by atoms with Crippen LogP contribution in [0.2, 0.25) is 5.02 Å². The molecule has 3 heterocycles. The second kappa shape index (κ2) is 8.36. The number of ketones is 1. The number of anilines is 1. The van der Waals surface area contributed by atoms with E-state index in [4.69, 9.17) is 25.8 Å². The molecule has 0 amide bonds. The number of hydrogen-bond donors (Lipinski definition) is 1. The van der Waals surface area contributed by atoms with E-state index in [-0.39, 0.29) is 29.6 Å². The Bertz CT molecular complexity index is 933. The van der Waals surface area contributed by atoms with Gasteiger partial charge in [-0.25, -0.2) is 4.79 Å². The third-order valence-electron chi connectivity index (χ3n) is 7.22. The van der Waals surface area contributed by atoms with Gasteiger partial charge in [0, 0.05) is 19.1 Å². The fourth-order valence-corrected chi connectivity index (χ4v) is 5.90. The summed E-state index contributed by atoms with van der Waals surface area (Å²) >= 11 is 6.46. The number of halogens is 1. The Hall–Kier alpha value is -2.25. The highest BCUT2D eigenvalue weighted by Crippen LogP contribution is 2.52. The number of rotatable bonds is 5. The molecule has 4 rings (SSSR count). The van der Waals surface area contributed by atoms with Crippen LogP contribution in [0.5, 0.6) is 5.75 Å². The van der Waals surface area contributed by atoms with Crippen LogP contribution in [0.25, 0.3) is 0 Å². The Morgan fingerprint density at radius 1 is 1.35 bits per heavy atom. The van der Waals surface area contributed by atoms with Crippen LogP contribution < -0.4 is 10.1 Å². The highest BCUT2D eigenvalue weighted by Gasteiger charge is 2.60. The smallest absolute Gasteiger partial charge is 0.337 e. The molecule has 1 aromatic carbocycles. The lowest BCUT2D eigenvalue weighted by Gasteiger charge is -2.45. The molecule has 7 nitrogen and oxygen atoms in total. The zero-order chi connectivity index (χ0) is 22.3. The number of ether oxygens (including phenoxy) is 3. The van der Waals surface area contributed by atoms with Gasteiger partial charge in [0.15, 0.2) is 5.78 Å². The third-order valence-corrected chi connectivity index (χ3v) is 7.54. The minimum absolute atomic E-state index is 0.0124. The van der Waals surface area contributed by atoms with Crippen LogP contribution in [0.1, 0.15) is 36.5 Å². The minimum Gasteiger partial charge on any atom is -0.504 e. The van der Waals surface area contributed by atoms with Crippen molar-refractivity contribution in [3.8, 4) is 5.75 Å². The van der Waals surface area contributed by atoms with Gasteiger partial charge in [-0.3, -0.25) is 9.69 Å². The van der Waals surface area contributed by atoms with Crippen molar-refractivity contribution in [2.45, 2.75) is 37.8 Å². The van der Waals surface area contributed by atoms with Crippen molar-refractivity contribution in [3.63, 3.8) is 0 Å². The Morgan fingerprint density at radius 2 is 2.13 bits per heavy atom. The number of fused-ring (bicyclic) bond motifs is 3. The molecule has 31 heavy (non-hydrogen) atoms. The number of nitrogens with zero attached hydrogens (tertiary/aromatic N) is 1. The maximum Gasteiger partial charge on any atom is 0.337 e. The first kappa shape index (κ1) is 22.0. The van der Waals surface area contributed by atoms with Crippen molar-refractivity contribution in [3.05, 3.63) is 34.6 Å². The Balaban J connectivity index is 1.73. The summed E-state index contributed by atoms with van der Waals surface area (Å²) in [6.07, 6.45) is 3.74. The molecule has 8 heteroatoms. The maximum absolute atomic E-state index is 13.8. The highest BCUT2D eigenvalue weighted by atomic mass is 35.5. The van der Waals surface area contributed by atoms with E-state index in [1.807, 2.05) is 0 Å². The van der Waals surface area contributed by atoms with E-state index in [1.165, 1.54) is 20.5 Å². The molecule has 2 fully saturated rings. The topological polar surface area (TPSA) is 77.1 Å². The molecule has 0 saturated carbocycles. The maximum atomic E-state index is 13.8. The fraction of sp³-hybridized carbons (Fsp3) is 0.565. The molecule has 1 spiro atoms. The molecule has 3 aliphatic heterocycles. The van der Waals surface area contributed by atoms with Gasteiger partial charge >= 0.3 is 5.97 Å². The summed E-state index contributed by atoms with van der Waals surface area (Å²) in [7, 11) is 4.47. The molecule has 168 valence electrons. The molecule has 0 aliphatic carbocycles. The first-order chi connectivity index (χ1) is 14.9.